The molecule has 2 aliphatic rings. The van der Waals surface area contributed by atoms with Crippen LogP contribution >= 0.6 is 23.5 Å². The van der Waals surface area contributed by atoms with E-state index < -0.39 is 0 Å². The maximum atomic E-state index is 14.6. The molecule has 0 bridgehead atoms. The molecule has 7 aromatic carbocycles. The van der Waals surface area contributed by atoms with E-state index in [1.165, 1.54) is 24.3 Å². The number of nitrogens with zero attached hydrogens (tertiary/aromatic N) is 2. The second-order valence-electron chi connectivity index (χ2n) is 13.0. The van der Waals surface area contributed by atoms with Gasteiger partial charge in [-0.2, -0.15) is 0 Å². The number of anilines is 6. The number of halogens is 2. The molecule has 6 heteroatoms. The third-order valence-corrected chi connectivity index (χ3v) is 11.8. The van der Waals surface area contributed by atoms with Crippen molar-refractivity contribution >= 4 is 57.6 Å². The molecule has 0 radical (unpaired) electrons. The van der Waals surface area contributed by atoms with Gasteiger partial charge in [0.2, 0.25) is 0 Å². The summed E-state index contributed by atoms with van der Waals surface area (Å²) in [5.74, 6) is -0.551. The molecule has 0 fully saturated rings. The van der Waals surface area contributed by atoms with E-state index in [-0.39, 0.29) is 17.6 Å². The zero-order valence-corrected chi connectivity index (χ0v) is 29.6. The minimum absolute atomic E-state index is 0.0254. The van der Waals surface area contributed by atoms with Gasteiger partial charge in [0.1, 0.15) is 11.6 Å². The highest BCUT2D eigenvalue weighted by molar-refractivity contribution is 8.00. The SMILES string of the molecule is CC(C)c1c(N2c3ccccc3Sc3ccccc32)c(-c2ccc(F)cc2)cc(-c2ccc(F)cc2)c1N1c2ccccc2Sc2ccccc21. The van der Waals surface area contributed by atoms with Gasteiger partial charge in [-0.3, -0.25) is 0 Å². The Kier molecular flexibility index (Phi) is 7.94. The standard InChI is InChI=1S/C45H32F2N2S2/c1-28(2)43-44(48-35-11-3-7-15-39(35)50-40-16-8-4-12-36(40)48)33(29-19-23-31(46)24-20-29)27-34(30-21-25-32(47)26-22-30)45(43)49-37-13-5-9-17-41(37)51-42-18-10-6-14-38(42)49/h3-28H,1-2H3. The van der Waals surface area contributed by atoms with Crippen LogP contribution in [0.25, 0.3) is 22.3 Å². The fourth-order valence-corrected chi connectivity index (χ4v) is 9.42. The fourth-order valence-electron chi connectivity index (χ4n) is 7.30. The third-order valence-electron chi connectivity index (χ3n) is 9.51. The lowest BCUT2D eigenvalue weighted by atomic mass is 9.85. The van der Waals surface area contributed by atoms with Gasteiger partial charge in [0.15, 0.2) is 0 Å². The predicted octanol–water partition coefficient (Wildman–Crippen LogP) is 14.3. The monoisotopic (exact) mass is 702 g/mol. The number of benzene rings is 7. The molecular weight excluding hydrogens is 671 g/mol. The Balaban J connectivity index is 1.48. The summed E-state index contributed by atoms with van der Waals surface area (Å²) in [5, 5.41) is 0. The molecule has 2 heterocycles. The molecule has 7 aromatic rings. The summed E-state index contributed by atoms with van der Waals surface area (Å²) in [6.07, 6.45) is 0. The first-order valence-electron chi connectivity index (χ1n) is 17.0. The van der Waals surface area contributed by atoms with E-state index in [9.17, 15) is 8.78 Å². The molecule has 0 saturated carbocycles. The fraction of sp³-hybridized carbons (Fsp3) is 0.0667. The van der Waals surface area contributed by atoms with Crippen LogP contribution in [0.3, 0.4) is 0 Å². The van der Waals surface area contributed by atoms with Crippen LogP contribution in [0, 0.1) is 11.6 Å². The number of fused-ring (bicyclic) bond motifs is 4. The maximum Gasteiger partial charge on any atom is 0.123 e. The van der Waals surface area contributed by atoms with Gasteiger partial charge in [0.25, 0.3) is 0 Å². The smallest absolute Gasteiger partial charge is 0.123 e. The second-order valence-corrected chi connectivity index (χ2v) is 15.2. The zero-order valence-electron chi connectivity index (χ0n) is 28.0. The van der Waals surface area contributed by atoms with Crippen molar-refractivity contribution in [3.63, 3.8) is 0 Å². The summed E-state index contributed by atoms with van der Waals surface area (Å²) in [6, 6.07) is 50.0. The first-order chi connectivity index (χ1) is 25.0. The molecule has 0 saturated heterocycles. The average molecular weight is 703 g/mol. The molecule has 0 N–H and O–H groups in total. The molecular formula is C45H32F2N2S2. The van der Waals surface area contributed by atoms with E-state index >= 15 is 0 Å². The highest BCUT2D eigenvalue weighted by atomic mass is 32.2. The van der Waals surface area contributed by atoms with Crippen molar-refractivity contribution in [2.45, 2.75) is 39.3 Å². The second kappa shape index (κ2) is 12.8. The first-order valence-corrected chi connectivity index (χ1v) is 18.6. The lowest BCUT2D eigenvalue weighted by Crippen LogP contribution is -2.22. The van der Waals surface area contributed by atoms with E-state index in [0.29, 0.717) is 0 Å². The third kappa shape index (κ3) is 5.41. The van der Waals surface area contributed by atoms with E-state index in [2.05, 4.69) is 127 Å². The van der Waals surface area contributed by atoms with E-state index in [0.717, 1.165) is 81.5 Å². The number of rotatable bonds is 5. The van der Waals surface area contributed by atoms with Gasteiger partial charge in [-0.05, 0) is 95.9 Å². The Labute approximate surface area is 305 Å². The highest BCUT2D eigenvalue weighted by Gasteiger charge is 2.36. The summed E-state index contributed by atoms with van der Waals surface area (Å²) >= 11 is 3.55. The minimum atomic E-state index is -0.288. The Morgan fingerprint density at radius 1 is 0.431 bits per heavy atom. The van der Waals surface area contributed by atoms with Crippen LogP contribution in [0.2, 0.25) is 0 Å². The molecule has 2 nitrogen and oxygen atoms in total. The largest absolute Gasteiger partial charge is 0.307 e. The van der Waals surface area contributed by atoms with Crippen molar-refractivity contribution in [2.24, 2.45) is 0 Å². The summed E-state index contributed by atoms with van der Waals surface area (Å²) in [6.45, 7) is 4.50. The van der Waals surface area contributed by atoms with Gasteiger partial charge in [-0.1, -0.05) is 110 Å². The van der Waals surface area contributed by atoms with Crippen LogP contribution in [0.15, 0.2) is 171 Å². The molecule has 0 atom stereocenters. The van der Waals surface area contributed by atoms with E-state index in [4.69, 9.17) is 0 Å². The lowest BCUT2D eigenvalue weighted by Gasteiger charge is -2.41. The lowest BCUT2D eigenvalue weighted by molar-refractivity contribution is 0.627. The van der Waals surface area contributed by atoms with Gasteiger partial charge in [-0.15, -0.1) is 0 Å². The summed E-state index contributed by atoms with van der Waals surface area (Å²) in [5.41, 5.74) is 11.3. The predicted molar refractivity (Wildman–Crippen MR) is 209 cm³/mol. The topological polar surface area (TPSA) is 6.48 Å². The highest BCUT2D eigenvalue weighted by Crippen LogP contribution is 2.61. The van der Waals surface area contributed by atoms with Gasteiger partial charge >= 0.3 is 0 Å². The molecule has 0 aliphatic carbocycles. The van der Waals surface area contributed by atoms with Crippen molar-refractivity contribution in [2.75, 3.05) is 9.80 Å². The molecule has 9 rings (SSSR count). The molecule has 0 amide bonds. The van der Waals surface area contributed by atoms with Crippen LogP contribution in [-0.2, 0) is 0 Å². The number of hydrogen-bond donors (Lipinski definition) is 0. The van der Waals surface area contributed by atoms with Crippen molar-refractivity contribution in [3.05, 3.63) is 169 Å². The molecule has 51 heavy (non-hydrogen) atoms. The normalized spacial score (nSPS) is 13.0. The van der Waals surface area contributed by atoms with Gasteiger partial charge in [0.05, 0.1) is 34.1 Å². The van der Waals surface area contributed by atoms with Crippen molar-refractivity contribution in [3.8, 4) is 22.3 Å². The van der Waals surface area contributed by atoms with Crippen molar-refractivity contribution < 1.29 is 8.78 Å². The Morgan fingerprint density at radius 2 is 0.745 bits per heavy atom. The van der Waals surface area contributed by atoms with Crippen LogP contribution in [0.1, 0.15) is 25.3 Å². The van der Waals surface area contributed by atoms with Crippen molar-refractivity contribution in [1.82, 2.24) is 0 Å². The van der Waals surface area contributed by atoms with E-state index in [1.54, 1.807) is 23.5 Å². The van der Waals surface area contributed by atoms with Crippen LogP contribution in [0.5, 0.6) is 0 Å². The summed E-state index contributed by atoms with van der Waals surface area (Å²) in [7, 11) is 0. The molecule has 0 aromatic heterocycles. The maximum absolute atomic E-state index is 14.6. The average Bonchev–Trinajstić information content (AvgIpc) is 3.16. The van der Waals surface area contributed by atoms with Crippen LogP contribution < -0.4 is 9.80 Å². The molecule has 2 aliphatic heterocycles. The van der Waals surface area contributed by atoms with Crippen molar-refractivity contribution in [1.29, 1.82) is 0 Å². The van der Waals surface area contributed by atoms with Gasteiger partial charge in [-0.25, -0.2) is 8.78 Å². The molecule has 0 unspecified atom stereocenters. The van der Waals surface area contributed by atoms with Gasteiger partial charge < -0.3 is 9.80 Å². The Morgan fingerprint density at radius 3 is 1.06 bits per heavy atom. The number of para-hydroxylation sites is 4. The summed E-state index contributed by atoms with van der Waals surface area (Å²) < 4.78 is 29.1. The quantitative estimate of drug-likeness (QED) is 0.176. The Hall–Kier alpha value is -5.30. The van der Waals surface area contributed by atoms with E-state index in [1.807, 2.05) is 24.3 Å². The molecule has 0 spiro atoms. The van der Waals surface area contributed by atoms with Crippen LogP contribution in [0.4, 0.5) is 42.9 Å². The zero-order chi connectivity index (χ0) is 34.6. The van der Waals surface area contributed by atoms with Gasteiger partial charge in [0, 0.05) is 36.3 Å². The number of hydrogen-bond acceptors (Lipinski definition) is 4. The van der Waals surface area contributed by atoms with Crippen LogP contribution in [-0.4, -0.2) is 0 Å². The Bertz CT molecular complexity index is 2180. The minimum Gasteiger partial charge on any atom is -0.307 e. The summed E-state index contributed by atoms with van der Waals surface area (Å²) in [4.78, 5) is 9.44. The molecule has 248 valence electrons. The first kappa shape index (κ1) is 31.7.